The Morgan fingerprint density at radius 2 is 2.00 bits per heavy atom. The maximum Gasteiger partial charge on any atom is 0.410 e. The molecule has 0 spiro atoms. The summed E-state index contributed by atoms with van der Waals surface area (Å²) in [6.45, 7) is 9.25. The molecule has 1 amide bonds. The number of carbonyl (C=O) groups is 1. The van der Waals surface area contributed by atoms with Crippen LogP contribution < -0.4 is 5.32 Å². The van der Waals surface area contributed by atoms with Gasteiger partial charge in [0.25, 0.3) is 0 Å². The van der Waals surface area contributed by atoms with Crippen LogP contribution in [0.4, 0.5) is 4.79 Å². The Hall–Kier alpha value is -1.75. The van der Waals surface area contributed by atoms with Crippen molar-refractivity contribution < 1.29 is 9.53 Å². The topological polar surface area (TPSA) is 53.9 Å². The molecule has 1 aromatic carbocycles. The third kappa shape index (κ3) is 5.43. The first-order valence-electron chi connectivity index (χ1n) is 7.78. The van der Waals surface area contributed by atoms with Crippen molar-refractivity contribution in [2.24, 2.45) is 4.99 Å². The molecule has 0 fully saturated rings. The van der Waals surface area contributed by atoms with E-state index in [4.69, 9.17) is 16.3 Å². The third-order valence-corrected chi connectivity index (χ3v) is 3.67. The number of benzene rings is 1. The number of hydrogen-bond acceptors (Lipinski definition) is 4. The fraction of sp³-hybridized carbons (Fsp3) is 0.529. The Labute approximate surface area is 142 Å². The second-order valence-corrected chi connectivity index (χ2v) is 7.08. The zero-order chi connectivity index (χ0) is 17.0. The highest BCUT2D eigenvalue weighted by molar-refractivity contribution is 6.30. The van der Waals surface area contributed by atoms with E-state index in [2.05, 4.69) is 17.2 Å². The Kier molecular flexibility index (Phi) is 5.52. The molecule has 0 radical (unpaired) electrons. The lowest BCUT2D eigenvalue weighted by atomic mass is 10.1. The zero-order valence-corrected chi connectivity index (χ0v) is 14.9. The second-order valence-electron chi connectivity index (χ2n) is 6.65. The molecule has 126 valence electrons. The van der Waals surface area contributed by atoms with Crippen LogP contribution in [0.3, 0.4) is 0 Å². The molecular formula is C17H24ClN3O2. The van der Waals surface area contributed by atoms with Gasteiger partial charge in [0, 0.05) is 17.6 Å². The van der Waals surface area contributed by atoms with Crippen molar-refractivity contribution >= 4 is 23.5 Å². The average Bonchev–Trinajstić information content (AvgIpc) is 2.46. The Morgan fingerprint density at radius 1 is 1.35 bits per heavy atom. The number of hydrogen-bond donors (Lipinski definition) is 1. The first kappa shape index (κ1) is 17.6. The number of ether oxygens (including phenoxy) is 1. The normalized spacial score (nSPS) is 16.6. The lowest BCUT2D eigenvalue weighted by molar-refractivity contribution is 0.0276. The van der Waals surface area contributed by atoms with E-state index >= 15 is 0 Å². The minimum atomic E-state index is -0.490. The minimum Gasteiger partial charge on any atom is -0.444 e. The van der Waals surface area contributed by atoms with E-state index in [1.807, 2.05) is 45.0 Å². The summed E-state index contributed by atoms with van der Waals surface area (Å²) in [6.07, 6.45) is -0.300. The van der Waals surface area contributed by atoms with Crippen LogP contribution in [0.2, 0.25) is 5.02 Å². The van der Waals surface area contributed by atoms with E-state index in [0.717, 1.165) is 11.4 Å². The van der Waals surface area contributed by atoms with Gasteiger partial charge >= 0.3 is 6.09 Å². The Bertz CT molecular complexity index is 578. The third-order valence-electron chi connectivity index (χ3n) is 3.42. The zero-order valence-electron chi connectivity index (χ0n) is 14.1. The lowest BCUT2D eigenvalue weighted by Gasteiger charge is -2.30. The van der Waals surface area contributed by atoms with Crippen LogP contribution in [0.5, 0.6) is 0 Å². The van der Waals surface area contributed by atoms with Crippen molar-refractivity contribution in [3.63, 3.8) is 0 Å². The molecule has 5 nitrogen and oxygen atoms in total. The quantitative estimate of drug-likeness (QED) is 0.896. The molecule has 2 rings (SSSR count). The predicted octanol–water partition coefficient (Wildman–Crippen LogP) is 3.64. The van der Waals surface area contributed by atoms with E-state index in [1.54, 1.807) is 4.90 Å². The lowest BCUT2D eigenvalue weighted by Crippen LogP contribution is -2.47. The summed E-state index contributed by atoms with van der Waals surface area (Å²) in [5.41, 5.74) is 0.627. The number of carbonyl (C=O) groups excluding carboxylic acids is 1. The van der Waals surface area contributed by atoms with Crippen LogP contribution in [0.1, 0.15) is 39.3 Å². The summed E-state index contributed by atoms with van der Waals surface area (Å²) in [4.78, 5) is 18.3. The summed E-state index contributed by atoms with van der Waals surface area (Å²) < 4.78 is 5.42. The summed E-state index contributed by atoms with van der Waals surface area (Å²) in [6, 6.07) is 7.78. The standard InChI is InChI=1S/C17H24ClN3O2/c1-12(13-5-7-14(18)8-6-13)20-15-11-21(10-9-19-15)16(22)23-17(2,3)4/h5-8,12H,9-11H2,1-4H3,(H,19,20). The molecular weight excluding hydrogens is 314 g/mol. The molecule has 0 aromatic heterocycles. The minimum absolute atomic E-state index is 0.0876. The summed E-state index contributed by atoms with van der Waals surface area (Å²) >= 11 is 5.91. The molecule has 0 saturated heterocycles. The number of amides is 1. The molecule has 0 saturated carbocycles. The fourth-order valence-electron chi connectivity index (χ4n) is 2.27. The van der Waals surface area contributed by atoms with E-state index in [0.29, 0.717) is 24.7 Å². The second kappa shape index (κ2) is 7.21. The molecule has 1 N–H and O–H groups in total. The van der Waals surface area contributed by atoms with Gasteiger partial charge < -0.3 is 10.1 Å². The molecule has 1 aliphatic heterocycles. The first-order chi connectivity index (χ1) is 10.7. The SMILES string of the molecule is CC(NC1=NCCN(C(=O)OC(C)(C)C)C1)c1ccc(Cl)cc1. The summed E-state index contributed by atoms with van der Waals surface area (Å²) in [5.74, 6) is 0.796. The van der Waals surface area contributed by atoms with Gasteiger partial charge in [-0.3, -0.25) is 9.89 Å². The van der Waals surface area contributed by atoms with Gasteiger partial charge in [0.1, 0.15) is 11.4 Å². The van der Waals surface area contributed by atoms with Crippen molar-refractivity contribution in [2.45, 2.75) is 39.3 Å². The maximum absolute atomic E-state index is 12.2. The number of amidine groups is 1. The van der Waals surface area contributed by atoms with Gasteiger partial charge in [-0.15, -0.1) is 0 Å². The number of aliphatic imine (C=N–C) groups is 1. The Balaban J connectivity index is 1.94. The molecule has 1 aromatic rings. The number of rotatable bonds is 2. The van der Waals surface area contributed by atoms with Crippen molar-refractivity contribution in [2.75, 3.05) is 19.6 Å². The van der Waals surface area contributed by atoms with Gasteiger partial charge in [0.15, 0.2) is 0 Å². The van der Waals surface area contributed by atoms with Gasteiger partial charge in [-0.05, 0) is 45.4 Å². The highest BCUT2D eigenvalue weighted by Gasteiger charge is 2.25. The fourth-order valence-corrected chi connectivity index (χ4v) is 2.40. The molecule has 6 heteroatoms. The molecule has 0 bridgehead atoms. The first-order valence-corrected chi connectivity index (χ1v) is 8.15. The molecule has 1 heterocycles. The molecule has 1 atom stereocenters. The van der Waals surface area contributed by atoms with Crippen molar-refractivity contribution in [3.05, 3.63) is 34.9 Å². The monoisotopic (exact) mass is 337 g/mol. The van der Waals surface area contributed by atoms with Gasteiger partial charge in [-0.1, -0.05) is 23.7 Å². The van der Waals surface area contributed by atoms with Crippen LogP contribution in [-0.2, 0) is 4.74 Å². The van der Waals surface area contributed by atoms with Crippen molar-refractivity contribution in [1.82, 2.24) is 10.2 Å². The van der Waals surface area contributed by atoms with E-state index in [-0.39, 0.29) is 12.1 Å². The van der Waals surface area contributed by atoms with E-state index in [9.17, 15) is 4.79 Å². The highest BCUT2D eigenvalue weighted by atomic mass is 35.5. The van der Waals surface area contributed by atoms with Gasteiger partial charge in [-0.2, -0.15) is 0 Å². The number of nitrogens with one attached hydrogen (secondary N) is 1. The molecule has 1 aliphatic rings. The van der Waals surface area contributed by atoms with E-state index < -0.39 is 5.60 Å². The number of nitrogens with zero attached hydrogens (tertiary/aromatic N) is 2. The van der Waals surface area contributed by atoms with Crippen LogP contribution in [-0.4, -0.2) is 42.1 Å². The van der Waals surface area contributed by atoms with Crippen LogP contribution in [0.15, 0.2) is 29.3 Å². The highest BCUT2D eigenvalue weighted by Crippen LogP contribution is 2.17. The van der Waals surface area contributed by atoms with Gasteiger partial charge in [-0.25, -0.2) is 4.79 Å². The maximum atomic E-state index is 12.2. The van der Waals surface area contributed by atoms with Crippen LogP contribution in [0, 0.1) is 0 Å². The molecule has 1 unspecified atom stereocenters. The average molecular weight is 338 g/mol. The Morgan fingerprint density at radius 3 is 2.61 bits per heavy atom. The van der Waals surface area contributed by atoms with Crippen molar-refractivity contribution in [1.29, 1.82) is 0 Å². The van der Waals surface area contributed by atoms with Crippen LogP contribution in [0.25, 0.3) is 0 Å². The van der Waals surface area contributed by atoms with E-state index in [1.165, 1.54) is 0 Å². The molecule has 0 aliphatic carbocycles. The summed E-state index contributed by atoms with van der Waals surface area (Å²) in [7, 11) is 0. The smallest absolute Gasteiger partial charge is 0.410 e. The largest absolute Gasteiger partial charge is 0.444 e. The van der Waals surface area contributed by atoms with Gasteiger partial charge in [0.05, 0.1) is 13.1 Å². The van der Waals surface area contributed by atoms with Crippen molar-refractivity contribution in [3.8, 4) is 0 Å². The van der Waals surface area contributed by atoms with Gasteiger partial charge in [0.2, 0.25) is 0 Å². The summed E-state index contributed by atoms with van der Waals surface area (Å²) in [5, 5.41) is 4.07. The van der Waals surface area contributed by atoms with Crippen LogP contribution >= 0.6 is 11.6 Å². The predicted molar refractivity (Wildman–Crippen MR) is 93.1 cm³/mol. The number of halogens is 1. The molecule has 23 heavy (non-hydrogen) atoms.